The predicted molar refractivity (Wildman–Crippen MR) is 79.6 cm³/mol. The summed E-state index contributed by atoms with van der Waals surface area (Å²) >= 11 is 0. The van der Waals surface area contributed by atoms with E-state index in [-0.39, 0.29) is 17.4 Å². The predicted octanol–water partition coefficient (Wildman–Crippen LogP) is 2.50. The van der Waals surface area contributed by atoms with Crippen LogP contribution in [0, 0.1) is 22.7 Å². The number of ether oxygens (including phenoxy) is 3. The lowest BCUT2D eigenvalue weighted by Gasteiger charge is -2.42. The van der Waals surface area contributed by atoms with Crippen molar-refractivity contribution in [1.29, 1.82) is 5.26 Å². The minimum absolute atomic E-state index is 0.00158. The molecule has 2 aliphatic heterocycles. The van der Waals surface area contributed by atoms with Crippen molar-refractivity contribution >= 4 is 0 Å². The van der Waals surface area contributed by atoms with Gasteiger partial charge in [0.15, 0.2) is 12.1 Å². The van der Waals surface area contributed by atoms with Gasteiger partial charge in [-0.2, -0.15) is 5.26 Å². The summed E-state index contributed by atoms with van der Waals surface area (Å²) in [6, 6.07) is 2.21. The smallest absolute Gasteiger partial charge is 0.163 e. The van der Waals surface area contributed by atoms with Gasteiger partial charge < -0.3 is 19.3 Å². The quantitative estimate of drug-likeness (QED) is 0.811. The summed E-state index contributed by atoms with van der Waals surface area (Å²) in [5.74, 6) is -0.356. The zero-order valence-electron chi connectivity index (χ0n) is 13.6. The second-order valence-corrected chi connectivity index (χ2v) is 7.16. The Morgan fingerprint density at radius 3 is 2.77 bits per heavy atom. The molecule has 5 nitrogen and oxygen atoms in total. The fraction of sp³-hybridized carbons (Fsp3) is 0.824. The highest BCUT2D eigenvalue weighted by Crippen LogP contribution is 2.54. The number of fused-ring (bicyclic) bond motifs is 1. The molecule has 3 rings (SSSR count). The lowest BCUT2D eigenvalue weighted by atomic mass is 9.62. The average Bonchev–Trinajstić information content (AvgIpc) is 2.99. The molecule has 22 heavy (non-hydrogen) atoms. The molecule has 2 fully saturated rings. The lowest BCUT2D eigenvalue weighted by molar-refractivity contribution is -0.136. The maximum absolute atomic E-state index is 10.3. The van der Waals surface area contributed by atoms with E-state index in [9.17, 15) is 5.11 Å². The molecule has 0 bridgehead atoms. The lowest BCUT2D eigenvalue weighted by Crippen LogP contribution is -2.41. The highest BCUT2D eigenvalue weighted by molar-refractivity contribution is 5.28. The van der Waals surface area contributed by atoms with Crippen LogP contribution in [0.1, 0.15) is 46.5 Å². The van der Waals surface area contributed by atoms with E-state index in [0.717, 1.165) is 12.8 Å². The van der Waals surface area contributed by atoms with Crippen molar-refractivity contribution in [1.82, 2.24) is 0 Å². The van der Waals surface area contributed by atoms with Gasteiger partial charge in [0.2, 0.25) is 0 Å². The third-order valence-electron chi connectivity index (χ3n) is 5.59. The van der Waals surface area contributed by atoms with Crippen LogP contribution in [0.25, 0.3) is 0 Å². The molecule has 1 N–H and O–H groups in total. The highest BCUT2D eigenvalue weighted by atomic mass is 16.7. The third kappa shape index (κ3) is 2.48. The van der Waals surface area contributed by atoms with Crippen LogP contribution in [-0.4, -0.2) is 36.5 Å². The minimum atomic E-state index is -0.764. The molecule has 2 heterocycles. The topological polar surface area (TPSA) is 71.7 Å². The molecule has 4 atom stereocenters. The molecule has 1 aliphatic carbocycles. The minimum Gasteiger partial charge on any atom is -0.367 e. The normalized spacial score (nSPS) is 40.6. The fourth-order valence-electron chi connectivity index (χ4n) is 4.32. The van der Waals surface area contributed by atoms with Crippen LogP contribution in [0.15, 0.2) is 11.1 Å². The summed E-state index contributed by atoms with van der Waals surface area (Å²) in [5.41, 5.74) is 2.24. The Kier molecular flexibility index (Phi) is 4.07. The number of hydrogen-bond acceptors (Lipinski definition) is 5. The first-order chi connectivity index (χ1) is 10.4. The van der Waals surface area contributed by atoms with Crippen molar-refractivity contribution in [2.75, 3.05) is 13.2 Å². The van der Waals surface area contributed by atoms with Crippen molar-refractivity contribution in [3.63, 3.8) is 0 Å². The molecule has 5 heteroatoms. The summed E-state index contributed by atoms with van der Waals surface area (Å²) in [6.45, 7) is 7.10. The molecule has 0 radical (unpaired) electrons. The molecule has 0 amide bonds. The Bertz CT molecular complexity index is 521. The first kappa shape index (κ1) is 15.9. The molecule has 3 aliphatic rings. The van der Waals surface area contributed by atoms with Crippen LogP contribution in [0.4, 0.5) is 0 Å². The Hall–Kier alpha value is -0.930. The molecule has 1 unspecified atom stereocenters. The standard InChI is InChI=1S/C17H25NO4/c1-11-12(14-10-21-16(2,3)22-14)5-7-17(6-4-8-18)13(11)9-20-15(17)19/h13-15,19H,4-7,9-10H2,1-3H3/t13-,14-,15?,17-/m0/s1. The van der Waals surface area contributed by atoms with E-state index in [1.165, 1.54) is 11.1 Å². The second-order valence-electron chi connectivity index (χ2n) is 7.16. The Balaban J connectivity index is 1.86. The van der Waals surface area contributed by atoms with Gasteiger partial charge in [0, 0.05) is 17.8 Å². The number of aliphatic hydroxyl groups excluding tert-OH is 1. The van der Waals surface area contributed by atoms with Crippen LogP contribution in [-0.2, 0) is 14.2 Å². The summed E-state index contributed by atoms with van der Waals surface area (Å²) in [5, 5.41) is 19.3. The van der Waals surface area contributed by atoms with Crippen LogP contribution in [0.5, 0.6) is 0 Å². The van der Waals surface area contributed by atoms with E-state index in [4.69, 9.17) is 19.5 Å². The molecule has 0 spiro atoms. The molecule has 0 saturated carbocycles. The van der Waals surface area contributed by atoms with Gasteiger partial charge in [0.05, 0.1) is 19.3 Å². The van der Waals surface area contributed by atoms with Gasteiger partial charge in [-0.1, -0.05) is 5.57 Å². The largest absolute Gasteiger partial charge is 0.367 e. The average molecular weight is 307 g/mol. The number of nitriles is 1. The van der Waals surface area contributed by atoms with Gasteiger partial charge in [-0.15, -0.1) is 0 Å². The monoisotopic (exact) mass is 307 g/mol. The summed E-state index contributed by atoms with van der Waals surface area (Å²) < 4.78 is 17.3. The number of hydrogen-bond donors (Lipinski definition) is 1. The van der Waals surface area contributed by atoms with Crippen molar-refractivity contribution in [3.8, 4) is 6.07 Å². The number of rotatable bonds is 3. The first-order valence-corrected chi connectivity index (χ1v) is 8.07. The van der Waals surface area contributed by atoms with Crippen molar-refractivity contribution in [3.05, 3.63) is 11.1 Å². The van der Waals surface area contributed by atoms with Crippen LogP contribution < -0.4 is 0 Å². The third-order valence-corrected chi connectivity index (χ3v) is 5.59. The SMILES string of the molecule is CC1=C([C@@H]2COC(C)(C)O2)CC[C@]2(CCC#N)C(O)OC[C@@H]12. The fourth-order valence-corrected chi connectivity index (χ4v) is 4.32. The van der Waals surface area contributed by atoms with Gasteiger partial charge in [-0.05, 0) is 45.6 Å². The molecule has 0 aromatic carbocycles. The van der Waals surface area contributed by atoms with Gasteiger partial charge >= 0.3 is 0 Å². The molecule has 0 aromatic heterocycles. The molecule has 122 valence electrons. The number of nitrogens with zero attached hydrogens (tertiary/aromatic N) is 1. The van der Waals surface area contributed by atoms with E-state index in [2.05, 4.69) is 13.0 Å². The maximum atomic E-state index is 10.3. The van der Waals surface area contributed by atoms with E-state index >= 15 is 0 Å². The van der Waals surface area contributed by atoms with Crippen molar-refractivity contribution in [2.24, 2.45) is 11.3 Å². The van der Waals surface area contributed by atoms with E-state index in [0.29, 0.717) is 26.1 Å². The summed E-state index contributed by atoms with van der Waals surface area (Å²) in [4.78, 5) is 0. The second kappa shape index (κ2) is 5.61. The summed E-state index contributed by atoms with van der Waals surface area (Å²) in [7, 11) is 0. The van der Waals surface area contributed by atoms with E-state index in [1.807, 2.05) is 13.8 Å². The van der Waals surface area contributed by atoms with Gasteiger partial charge in [0.25, 0.3) is 0 Å². The Morgan fingerprint density at radius 2 is 2.14 bits per heavy atom. The van der Waals surface area contributed by atoms with Crippen molar-refractivity contribution < 1.29 is 19.3 Å². The van der Waals surface area contributed by atoms with Crippen LogP contribution in [0.2, 0.25) is 0 Å². The Morgan fingerprint density at radius 1 is 1.36 bits per heavy atom. The van der Waals surface area contributed by atoms with Crippen LogP contribution in [0.3, 0.4) is 0 Å². The van der Waals surface area contributed by atoms with Gasteiger partial charge in [0.1, 0.15) is 6.10 Å². The van der Waals surface area contributed by atoms with E-state index < -0.39 is 12.1 Å². The maximum Gasteiger partial charge on any atom is 0.163 e. The van der Waals surface area contributed by atoms with E-state index in [1.54, 1.807) is 0 Å². The molecule has 2 saturated heterocycles. The zero-order valence-corrected chi connectivity index (χ0v) is 13.6. The van der Waals surface area contributed by atoms with Gasteiger partial charge in [-0.25, -0.2) is 0 Å². The zero-order chi connectivity index (χ0) is 16.0. The molecular formula is C17H25NO4. The summed E-state index contributed by atoms with van der Waals surface area (Å²) in [6.07, 6.45) is 2.09. The number of aliphatic hydroxyl groups is 1. The van der Waals surface area contributed by atoms with Gasteiger partial charge in [-0.3, -0.25) is 0 Å². The highest BCUT2D eigenvalue weighted by Gasteiger charge is 2.54. The molecular weight excluding hydrogens is 282 g/mol. The first-order valence-electron chi connectivity index (χ1n) is 8.07. The van der Waals surface area contributed by atoms with Crippen molar-refractivity contribution in [2.45, 2.75) is 64.6 Å². The Labute approximate surface area is 131 Å². The van der Waals surface area contributed by atoms with Crippen LogP contribution >= 0.6 is 0 Å². The molecule has 0 aromatic rings.